The standard InChI is InChI=1S/C38H42N4O7/c1-39-18-15-35(22-8-6-9-25(46-3)29(22)42-27(43)11-14-37(39,42)33(35)45)24-20-23-30(32(48-5)31(24)47-4)40(2)26-10-13-34-12-7-17-41-19-16-36(23,26)38(34,41)49-28(44)21-34/h6,8-10,13,20,26H,7,11-12,14-19,21H2,1-5H3/t26-,34-,35-,36-,37+,38+/m1/s1. The number of ether oxygens (including phenoxy) is 4. The third kappa shape index (κ3) is 2.84. The predicted octanol–water partition coefficient (Wildman–Crippen LogP) is 3.49. The van der Waals surface area contributed by atoms with E-state index in [4.69, 9.17) is 18.9 Å². The smallest absolute Gasteiger partial charge is 0.308 e. The Bertz CT molecular complexity index is 1950. The molecule has 2 aromatic rings. The second-order valence-electron chi connectivity index (χ2n) is 15.4. The zero-order chi connectivity index (χ0) is 33.9. The SMILES string of the molecule is COc1cccc2c1N1C(=O)CC[C@@]13C(=O)[C@]2(c1cc2c(c(OC)c1OC)N(C)[C@@H]1C=C[C@@]45CCCN6CC[C@@]21[C@]64OC(=O)C5)CCN3C. The summed E-state index contributed by atoms with van der Waals surface area (Å²) in [6.07, 6.45) is 8.76. The van der Waals surface area contributed by atoms with Crippen LogP contribution in [0.5, 0.6) is 17.2 Å². The molecule has 49 heavy (non-hydrogen) atoms. The molecule has 5 saturated heterocycles. The molecule has 11 nitrogen and oxygen atoms in total. The number of fused-ring (bicyclic) bond motifs is 5. The molecule has 8 aliphatic rings. The number of para-hydroxylation sites is 1. The molecule has 1 aliphatic carbocycles. The minimum absolute atomic E-state index is 0.0323. The first-order chi connectivity index (χ1) is 23.6. The van der Waals surface area contributed by atoms with Crippen molar-refractivity contribution >= 4 is 29.0 Å². The maximum absolute atomic E-state index is 15.7. The number of esters is 1. The monoisotopic (exact) mass is 666 g/mol. The number of piperidine rings is 2. The van der Waals surface area contributed by atoms with Gasteiger partial charge in [0, 0.05) is 45.1 Å². The molecule has 1 amide bonds. The summed E-state index contributed by atoms with van der Waals surface area (Å²) in [6.45, 7) is 2.26. The average Bonchev–Trinajstić information content (AvgIpc) is 3.80. The van der Waals surface area contributed by atoms with Crippen LogP contribution in [0.1, 0.15) is 61.6 Å². The van der Waals surface area contributed by atoms with Gasteiger partial charge in [0.05, 0.1) is 61.4 Å². The molecule has 3 spiro atoms. The number of anilines is 2. The third-order valence-electron chi connectivity index (χ3n) is 14.1. The van der Waals surface area contributed by atoms with E-state index in [1.807, 2.05) is 25.2 Å². The van der Waals surface area contributed by atoms with Crippen molar-refractivity contribution in [3.05, 3.63) is 53.1 Å². The number of ketones is 1. The molecule has 0 saturated carbocycles. The molecule has 7 heterocycles. The summed E-state index contributed by atoms with van der Waals surface area (Å²) in [7, 11) is 8.95. The van der Waals surface area contributed by atoms with Crippen LogP contribution >= 0.6 is 0 Å². The lowest BCUT2D eigenvalue weighted by Crippen LogP contribution is -2.73. The van der Waals surface area contributed by atoms with Gasteiger partial charge in [-0.25, -0.2) is 0 Å². The molecule has 10 rings (SSSR count). The molecule has 5 fully saturated rings. The van der Waals surface area contributed by atoms with Crippen LogP contribution in [-0.2, 0) is 30.0 Å². The summed E-state index contributed by atoms with van der Waals surface area (Å²) >= 11 is 0. The average molecular weight is 667 g/mol. The molecule has 0 aromatic heterocycles. The molecule has 11 heteroatoms. The van der Waals surface area contributed by atoms with E-state index in [1.165, 1.54) is 0 Å². The van der Waals surface area contributed by atoms with E-state index >= 15 is 4.79 Å². The Kier molecular flexibility index (Phi) is 5.57. The van der Waals surface area contributed by atoms with Crippen LogP contribution in [0.2, 0.25) is 0 Å². The third-order valence-corrected chi connectivity index (χ3v) is 14.1. The van der Waals surface area contributed by atoms with Crippen LogP contribution < -0.4 is 24.0 Å². The van der Waals surface area contributed by atoms with Gasteiger partial charge in [-0.3, -0.25) is 29.1 Å². The Morgan fingerprint density at radius 2 is 1.67 bits per heavy atom. The van der Waals surface area contributed by atoms with Gasteiger partial charge in [0.2, 0.25) is 5.91 Å². The van der Waals surface area contributed by atoms with E-state index in [9.17, 15) is 9.59 Å². The number of nitrogens with zero attached hydrogens (tertiary/aromatic N) is 4. The highest BCUT2D eigenvalue weighted by atomic mass is 16.6. The summed E-state index contributed by atoms with van der Waals surface area (Å²) in [4.78, 5) is 51.5. The van der Waals surface area contributed by atoms with Gasteiger partial charge in [-0.1, -0.05) is 24.3 Å². The molecule has 2 bridgehead atoms. The number of benzene rings is 2. The molecule has 256 valence electrons. The van der Waals surface area contributed by atoms with Crippen LogP contribution in [0, 0.1) is 5.41 Å². The van der Waals surface area contributed by atoms with Crippen molar-refractivity contribution in [1.82, 2.24) is 9.80 Å². The summed E-state index contributed by atoms with van der Waals surface area (Å²) < 4.78 is 25.4. The van der Waals surface area contributed by atoms with E-state index in [-0.39, 0.29) is 30.1 Å². The van der Waals surface area contributed by atoms with Crippen molar-refractivity contribution in [1.29, 1.82) is 0 Å². The number of hydrogen-bond acceptors (Lipinski definition) is 10. The molecule has 6 atom stereocenters. The fourth-order valence-electron chi connectivity index (χ4n) is 12.4. The first-order valence-electron chi connectivity index (χ1n) is 17.6. The highest BCUT2D eigenvalue weighted by Crippen LogP contribution is 2.73. The number of carbonyl (C=O) groups is 3. The number of amides is 1. The molecule has 2 aromatic carbocycles. The van der Waals surface area contributed by atoms with Crippen molar-refractivity contribution in [2.75, 3.05) is 64.9 Å². The highest BCUT2D eigenvalue weighted by Gasteiger charge is 2.81. The maximum atomic E-state index is 15.7. The predicted molar refractivity (Wildman–Crippen MR) is 179 cm³/mol. The van der Waals surface area contributed by atoms with Crippen LogP contribution in [0.3, 0.4) is 0 Å². The fraction of sp³-hybridized carbons (Fsp3) is 0.553. The van der Waals surface area contributed by atoms with Crippen LogP contribution in [0.15, 0.2) is 36.4 Å². The second-order valence-corrected chi connectivity index (χ2v) is 15.4. The minimum Gasteiger partial charge on any atom is -0.495 e. The summed E-state index contributed by atoms with van der Waals surface area (Å²) in [6, 6.07) is 7.87. The highest BCUT2D eigenvalue weighted by molar-refractivity contribution is 6.17. The zero-order valence-electron chi connectivity index (χ0n) is 28.8. The van der Waals surface area contributed by atoms with Gasteiger partial charge < -0.3 is 23.8 Å². The van der Waals surface area contributed by atoms with Gasteiger partial charge in [-0.2, -0.15) is 0 Å². The van der Waals surface area contributed by atoms with Gasteiger partial charge >= 0.3 is 5.97 Å². The van der Waals surface area contributed by atoms with Crippen LogP contribution in [0.25, 0.3) is 0 Å². The van der Waals surface area contributed by atoms with Crippen molar-refractivity contribution in [2.45, 2.75) is 73.2 Å². The van der Waals surface area contributed by atoms with Gasteiger partial charge in [-0.05, 0) is 56.0 Å². The molecule has 0 radical (unpaired) electrons. The Hall–Kier alpha value is -4.09. The largest absolute Gasteiger partial charge is 0.495 e. The molecule has 0 unspecified atom stereocenters. The number of likely N-dealkylation sites (N-methyl/N-ethyl adjacent to an activating group) is 2. The molecule has 0 N–H and O–H groups in total. The van der Waals surface area contributed by atoms with Crippen molar-refractivity contribution in [2.24, 2.45) is 5.41 Å². The van der Waals surface area contributed by atoms with E-state index in [2.05, 4.69) is 40.0 Å². The van der Waals surface area contributed by atoms with Crippen molar-refractivity contribution in [3.63, 3.8) is 0 Å². The summed E-state index contributed by atoms with van der Waals surface area (Å²) in [5.41, 5.74) is -0.159. The van der Waals surface area contributed by atoms with Crippen molar-refractivity contribution in [3.8, 4) is 17.2 Å². The molecular weight excluding hydrogens is 624 g/mol. The Balaban J connectivity index is 1.32. The quantitative estimate of drug-likeness (QED) is 0.356. The van der Waals surface area contributed by atoms with Gasteiger partial charge in [-0.15, -0.1) is 0 Å². The summed E-state index contributed by atoms with van der Waals surface area (Å²) in [5, 5.41) is 0. The lowest BCUT2D eigenvalue weighted by Gasteiger charge is -2.59. The first kappa shape index (κ1) is 29.8. The van der Waals surface area contributed by atoms with Gasteiger partial charge in [0.1, 0.15) is 5.75 Å². The van der Waals surface area contributed by atoms with Crippen molar-refractivity contribution < 1.29 is 33.3 Å². The molecule has 7 aliphatic heterocycles. The zero-order valence-corrected chi connectivity index (χ0v) is 28.8. The van der Waals surface area contributed by atoms with Crippen LogP contribution in [0.4, 0.5) is 11.4 Å². The normalized spacial score (nSPS) is 38.1. The fourth-order valence-corrected chi connectivity index (χ4v) is 12.4. The van der Waals surface area contributed by atoms with E-state index in [0.717, 1.165) is 54.7 Å². The summed E-state index contributed by atoms with van der Waals surface area (Å²) in [5.74, 6) is 1.37. The first-order valence-corrected chi connectivity index (χ1v) is 17.6. The van der Waals surface area contributed by atoms with E-state index in [1.54, 1.807) is 26.2 Å². The second kappa shape index (κ2) is 9.17. The van der Waals surface area contributed by atoms with Crippen LogP contribution in [-0.4, -0.2) is 99.9 Å². The number of carbonyl (C=O) groups excluding carboxylic acids is 3. The number of Topliss-reactive ketones (excluding diaryl/α,β-unsaturated/α-hetero) is 1. The lowest BCUT2D eigenvalue weighted by atomic mass is 9.52. The minimum atomic E-state index is -1.17. The number of methoxy groups -OCH3 is 3. The Morgan fingerprint density at radius 1 is 0.857 bits per heavy atom. The lowest BCUT2D eigenvalue weighted by molar-refractivity contribution is -0.207. The number of likely N-dealkylation sites (tertiary alicyclic amines) is 1. The molecular formula is C38H42N4O7. The van der Waals surface area contributed by atoms with Gasteiger partial charge in [0.15, 0.2) is 28.7 Å². The Morgan fingerprint density at radius 3 is 2.45 bits per heavy atom. The number of rotatable bonds is 4. The van der Waals surface area contributed by atoms with E-state index in [0.29, 0.717) is 48.7 Å². The Labute approximate surface area is 285 Å². The van der Waals surface area contributed by atoms with Gasteiger partial charge in [0.25, 0.3) is 0 Å². The topological polar surface area (TPSA) is 101 Å². The number of hydrogen-bond donors (Lipinski definition) is 0. The maximum Gasteiger partial charge on any atom is 0.308 e. The van der Waals surface area contributed by atoms with E-state index < -0.39 is 27.6 Å².